The molecule has 0 amide bonds. The maximum Gasteiger partial charge on any atom is 0.231 e. The monoisotopic (exact) mass is 301 g/mol. The van der Waals surface area contributed by atoms with E-state index in [1.807, 2.05) is 19.4 Å². The molecule has 1 aliphatic heterocycles. The Balaban J connectivity index is 1.53. The summed E-state index contributed by atoms with van der Waals surface area (Å²) in [5, 5.41) is 11.9. The summed E-state index contributed by atoms with van der Waals surface area (Å²) in [5.74, 6) is 1.97. The first kappa shape index (κ1) is 13.9. The Bertz CT molecular complexity index is 641. The van der Waals surface area contributed by atoms with Gasteiger partial charge in [-0.25, -0.2) is 0 Å². The summed E-state index contributed by atoms with van der Waals surface area (Å²) in [6.07, 6.45) is 11.1. The van der Waals surface area contributed by atoms with Crippen LogP contribution in [-0.4, -0.2) is 33.0 Å². The van der Waals surface area contributed by atoms with Crippen LogP contribution in [0.5, 0.6) is 0 Å². The van der Waals surface area contributed by atoms with Crippen LogP contribution in [0.25, 0.3) is 0 Å². The third-order valence-electron chi connectivity index (χ3n) is 5.32. The van der Waals surface area contributed by atoms with Gasteiger partial charge in [0.2, 0.25) is 5.89 Å². The molecule has 2 fully saturated rings. The first-order valence-corrected chi connectivity index (χ1v) is 8.26. The average molecular weight is 301 g/mol. The normalized spacial score (nSPS) is 24.1. The molecule has 0 radical (unpaired) electrons. The first-order chi connectivity index (χ1) is 10.8. The fourth-order valence-electron chi connectivity index (χ4n) is 4.16. The zero-order chi connectivity index (χ0) is 15.0. The van der Waals surface area contributed by atoms with E-state index in [-0.39, 0.29) is 0 Å². The van der Waals surface area contributed by atoms with Crippen LogP contribution in [0.4, 0.5) is 0 Å². The Morgan fingerprint density at radius 2 is 2.23 bits per heavy atom. The number of aromatic nitrogens is 4. The predicted octanol–water partition coefficient (Wildman–Crippen LogP) is 2.03. The molecule has 1 saturated heterocycles. The van der Waals surface area contributed by atoms with Gasteiger partial charge >= 0.3 is 0 Å². The molecule has 2 aromatic rings. The summed E-state index contributed by atoms with van der Waals surface area (Å²) >= 11 is 0. The second-order valence-electron chi connectivity index (χ2n) is 6.85. The van der Waals surface area contributed by atoms with E-state index in [0.29, 0.717) is 17.8 Å². The van der Waals surface area contributed by atoms with Crippen LogP contribution in [0, 0.1) is 5.41 Å². The Morgan fingerprint density at radius 3 is 3.00 bits per heavy atom. The largest absolute Gasteiger partial charge is 0.339 e. The van der Waals surface area contributed by atoms with Gasteiger partial charge in [-0.05, 0) is 23.8 Å². The van der Waals surface area contributed by atoms with Gasteiger partial charge in [-0.1, -0.05) is 24.4 Å². The van der Waals surface area contributed by atoms with E-state index in [2.05, 4.69) is 15.6 Å². The highest BCUT2D eigenvalue weighted by Crippen LogP contribution is 2.48. The molecule has 22 heavy (non-hydrogen) atoms. The van der Waals surface area contributed by atoms with Crippen molar-refractivity contribution in [3.05, 3.63) is 29.7 Å². The Labute approximate surface area is 130 Å². The fourth-order valence-corrected chi connectivity index (χ4v) is 4.16. The maximum atomic E-state index is 5.63. The molecule has 118 valence electrons. The average Bonchev–Trinajstić information content (AvgIpc) is 3.22. The zero-order valence-electron chi connectivity index (χ0n) is 13.1. The smallest absolute Gasteiger partial charge is 0.231 e. The van der Waals surface area contributed by atoms with Crippen LogP contribution >= 0.6 is 0 Å². The summed E-state index contributed by atoms with van der Waals surface area (Å²) in [6.45, 7) is 2.06. The number of nitrogens with zero attached hydrogens (tertiary/aromatic N) is 4. The minimum absolute atomic E-state index is 0.344. The van der Waals surface area contributed by atoms with E-state index in [9.17, 15) is 0 Å². The SMILES string of the molecule is Cn1cc(Cc2noc(C3CNCC34CCCCC4)n2)cn1. The van der Waals surface area contributed by atoms with E-state index < -0.39 is 0 Å². The van der Waals surface area contributed by atoms with Gasteiger partial charge in [0.05, 0.1) is 12.1 Å². The third kappa shape index (κ3) is 2.45. The number of rotatable bonds is 3. The van der Waals surface area contributed by atoms with Crippen molar-refractivity contribution in [2.75, 3.05) is 13.1 Å². The predicted molar refractivity (Wildman–Crippen MR) is 81.4 cm³/mol. The van der Waals surface area contributed by atoms with Gasteiger partial charge < -0.3 is 9.84 Å². The molecule has 2 aliphatic rings. The van der Waals surface area contributed by atoms with Crippen LogP contribution in [-0.2, 0) is 13.5 Å². The summed E-state index contributed by atoms with van der Waals surface area (Å²) in [6, 6.07) is 0. The topological polar surface area (TPSA) is 68.8 Å². The Morgan fingerprint density at radius 1 is 1.36 bits per heavy atom. The van der Waals surface area contributed by atoms with E-state index >= 15 is 0 Å². The van der Waals surface area contributed by atoms with Crippen molar-refractivity contribution in [2.45, 2.75) is 44.4 Å². The molecule has 6 heteroatoms. The molecule has 1 N–H and O–H groups in total. The van der Waals surface area contributed by atoms with Crippen molar-refractivity contribution in [3.8, 4) is 0 Å². The molecule has 2 aromatic heterocycles. The van der Waals surface area contributed by atoms with Crippen molar-refractivity contribution >= 4 is 0 Å². The van der Waals surface area contributed by atoms with E-state index in [1.54, 1.807) is 4.68 Å². The summed E-state index contributed by atoms with van der Waals surface area (Å²) < 4.78 is 7.43. The van der Waals surface area contributed by atoms with Gasteiger partial charge in [0.1, 0.15) is 0 Å². The third-order valence-corrected chi connectivity index (χ3v) is 5.32. The van der Waals surface area contributed by atoms with Crippen LogP contribution in [0.2, 0.25) is 0 Å². The van der Waals surface area contributed by atoms with E-state index in [0.717, 1.165) is 30.4 Å². The molecular formula is C16H23N5O. The zero-order valence-corrected chi connectivity index (χ0v) is 13.1. The minimum Gasteiger partial charge on any atom is -0.339 e. The quantitative estimate of drug-likeness (QED) is 0.939. The summed E-state index contributed by atoms with van der Waals surface area (Å²) in [7, 11) is 1.92. The first-order valence-electron chi connectivity index (χ1n) is 8.26. The minimum atomic E-state index is 0.344. The van der Waals surface area contributed by atoms with Crippen molar-refractivity contribution < 1.29 is 4.52 Å². The molecule has 0 bridgehead atoms. The summed E-state index contributed by atoms with van der Waals surface area (Å²) in [5.41, 5.74) is 1.46. The second-order valence-corrected chi connectivity index (χ2v) is 6.85. The molecule has 1 unspecified atom stereocenters. The second kappa shape index (κ2) is 5.50. The molecule has 6 nitrogen and oxygen atoms in total. The van der Waals surface area contributed by atoms with Crippen LogP contribution < -0.4 is 5.32 Å². The molecular weight excluding hydrogens is 278 g/mol. The molecule has 0 aromatic carbocycles. The molecule has 1 spiro atoms. The van der Waals surface area contributed by atoms with Gasteiger partial charge in [0.25, 0.3) is 0 Å². The molecule has 4 rings (SSSR count). The maximum absolute atomic E-state index is 5.63. The molecule has 1 saturated carbocycles. The van der Waals surface area contributed by atoms with Gasteiger partial charge in [0.15, 0.2) is 5.82 Å². The fraction of sp³-hybridized carbons (Fsp3) is 0.688. The standard InChI is InChI=1S/C16H23N5O/c1-21-10-12(8-18-21)7-14-19-15(22-20-14)13-9-17-11-16(13)5-3-2-4-6-16/h8,10,13,17H,2-7,9,11H2,1H3. The van der Waals surface area contributed by atoms with Crippen molar-refractivity contribution in [1.29, 1.82) is 0 Å². The van der Waals surface area contributed by atoms with Gasteiger partial charge in [-0.2, -0.15) is 10.1 Å². The molecule has 3 heterocycles. The Hall–Kier alpha value is -1.69. The van der Waals surface area contributed by atoms with Crippen LogP contribution in [0.15, 0.2) is 16.9 Å². The van der Waals surface area contributed by atoms with Gasteiger partial charge in [-0.15, -0.1) is 0 Å². The lowest BCUT2D eigenvalue weighted by molar-refractivity contribution is 0.165. The highest BCUT2D eigenvalue weighted by molar-refractivity contribution is 5.14. The van der Waals surface area contributed by atoms with Crippen molar-refractivity contribution in [3.63, 3.8) is 0 Å². The highest BCUT2D eigenvalue weighted by Gasteiger charge is 2.46. The number of hydrogen-bond donors (Lipinski definition) is 1. The lowest BCUT2D eigenvalue weighted by atomic mass is 9.67. The number of hydrogen-bond acceptors (Lipinski definition) is 5. The van der Waals surface area contributed by atoms with Crippen LogP contribution in [0.1, 0.15) is 55.3 Å². The number of nitrogens with one attached hydrogen (secondary N) is 1. The molecule has 1 atom stereocenters. The highest BCUT2D eigenvalue weighted by atomic mass is 16.5. The van der Waals surface area contributed by atoms with E-state index in [1.165, 1.54) is 32.1 Å². The molecule has 1 aliphatic carbocycles. The van der Waals surface area contributed by atoms with Crippen molar-refractivity contribution in [2.24, 2.45) is 12.5 Å². The van der Waals surface area contributed by atoms with Crippen molar-refractivity contribution in [1.82, 2.24) is 25.2 Å². The lowest BCUT2D eigenvalue weighted by Crippen LogP contribution is -2.31. The van der Waals surface area contributed by atoms with E-state index in [4.69, 9.17) is 9.51 Å². The van der Waals surface area contributed by atoms with Crippen LogP contribution in [0.3, 0.4) is 0 Å². The number of aryl methyl sites for hydroxylation is 1. The lowest BCUT2D eigenvalue weighted by Gasteiger charge is -2.36. The Kier molecular flexibility index (Phi) is 3.48. The summed E-state index contributed by atoms with van der Waals surface area (Å²) in [4.78, 5) is 4.69. The van der Waals surface area contributed by atoms with Gasteiger partial charge in [-0.3, -0.25) is 4.68 Å². The van der Waals surface area contributed by atoms with Gasteiger partial charge in [0, 0.05) is 32.8 Å².